The number of nitrogen functional groups attached to an aromatic ring is 1. The summed E-state index contributed by atoms with van der Waals surface area (Å²) in [6.07, 6.45) is 0. The molecule has 0 atom stereocenters. The molecule has 2 aromatic rings. The van der Waals surface area contributed by atoms with Crippen molar-refractivity contribution in [2.45, 2.75) is 6.54 Å². The van der Waals surface area contributed by atoms with E-state index in [1.165, 1.54) is 0 Å². The number of rotatable bonds is 4. The van der Waals surface area contributed by atoms with Crippen LogP contribution in [0.15, 0.2) is 42.5 Å². The average Bonchev–Trinajstić information content (AvgIpc) is 2.37. The molecule has 0 unspecified atom stereocenters. The third-order valence-electron chi connectivity index (χ3n) is 2.69. The SMILES string of the molecule is NC(=O)c1ccc(NCc2cccc(N)c2)c(Cl)c1. The summed E-state index contributed by atoms with van der Waals surface area (Å²) >= 11 is 6.08. The molecular formula is C14H14ClN3O. The second kappa shape index (κ2) is 5.63. The lowest BCUT2D eigenvalue weighted by molar-refractivity contribution is 0.100. The van der Waals surface area contributed by atoms with Gasteiger partial charge in [-0.2, -0.15) is 0 Å². The minimum Gasteiger partial charge on any atom is -0.399 e. The van der Waals surface area contributed by atoms with Crippen molar-refractivity contribution in [1.29, 1.82) is 0 Å². The van der Waals surface area contributed by atoms with Crippen molar-refractivity contribution in [1.82, 2.24) is 0 Å². The van der Waals surface area contributed by atoms with Gasteiger partial charge in [0, 0.05) is 17.8 Å². The van der Waals surface area contributed by atoms with Gasteiger partial charge in [-0.1, -0.05) is 23.7 Å². The molecule has 0 aliphatic carbocycles. The Kier molecular flexibility index (Phi) is 3.92. The number of hydrogen-bond acceptors (Lipinski definition) is 3. The molecule has 0 saturated carbocycles. The molecule has 0 heterocycles. The summed E-state index contributed by atoms with van der Waals surface area (Å²) in [5.41, 5.74) is 13.8. The maximum Gasteiger partial charge on any atom is 0.248 e. The number of anilines is 2. The van der Waals surface area contributed by atoms with Crippen LogP contribution in [0.3, 0.4) is 0 Å². The van der Waals surface area contributed by atoms with Gasteiger partial charge in [-0.05, 0) is 35.9 Å². The molecule has 2 rings (SSSR count). The van der Waals surface area contributed by atoms with Gasteiger partial charge in [0.1, 0.15) is 0 Å². The highest BCUT2D eigenvalue weighted by molar-refractivity contribution is 6.33. The third-order valence-corrected chi connectivity index (χ3v) is 3.00. The molecule has 0 spiro atoms. The van der Waals surface area contributed by atoms with Crippen molar-refractivity contribution in [3.05, 3.63) is 58.6 Å². The second-order valence-corrected chi connectivity index (χ2v) is 4.56. The zero-order valence-electron chi connectivity index (χ0n) is 10.2. The first kappa shape index (κ1) is 13.2. The van der Waals surface area contributed by atoms with Gasteiger partial charge in [0.25, 0.3) is 0 Å². The van der Waals surface area contributed by atoms with Crippen molar-refractivity contribution in [2.75, 3.05) is 11.1 Å². The van der Waals surface area contributed by atoms with Crippen LogP contribution in [-0.2, 0) is 6.54 Å². The fourth-order valence-electron chi connectivity index (χ4n) is 1.71. The van der Waals surface area contributed by atoms with E-state index in [0.717, 1.165) is 16.9 Å². The Morgan fingerprint density at radius 1 is 1.21 bits per heavy atom. The number of amides is 1. The van der Waals surface area contributed by atoms with Crippen LogP contribution in [0.25, 0.3) is 0 Å². The Balaban J connectivity index is 2.10. The zero-order valence-corrected chi connectivity index (χ0v) is 10.9. The molecule has 0 aliphatic rings. The number of carbonyl (C=O) groups is 1. The van der Waals surface area contributed by atoms with Gasteiger partial charge in [-0.3, -0.25) is 4.79 Å². The topological polar surface area (TPSA) is 81.1 Å². The fourth-order valence-corrected chi connectivity index (χ4v) is 1.96. The first-order chi connectivity index (χ1) is 9.06. The molecule has 0 aliphatic heterocycles. The molecule has 2 aromatic carbocycles. The quantitative estimate of drug-likeness (QED) is 0.750. The van der Waals surface area contributed by atoms with Crippen molar-refractivity contribution in [3.8, 4) is 0 Å². The summed E-state index contributed by atoms with van der Waals surface area (Å²) in [5.74, 6) is -0.496. The Hall–Kier alpha value is -2.20. The zero-order chi connectivity index (χ0) is 13.8. The molecule has 4 nitrogen and oxygen atoms in total. The maximum atomic E-state index is 11.0. The standard InChI is InChI=1S/C14H14ClN3O/c15-12-7-10(14(17)19)4-5-13(12)18-8-9-2-1-3-11(16)6-9/h1-7,18H,8,16H2,(H2,17,19). The number of nitrogens with two attached hydrogens (primary N) is 2. The molecule has 19 heavy (non-hydrogen) atoms. The molecule has 0 saturated heterocycles. The molecule has 1 amide bonds. The molecule has 98 valence electrons. The monoisotopic (exact) mass is 275 g/mol. The van der Waals surface area contributed by atoms with Crippen LogP contribution >= 0.6 is 11.6 Å². The summed E-state index contributed by atoms with van der Waals surface area (Å²) in [6.45, 7) is 0.598. The van der Waals surface area contributed by atoms with Crippen molar-refractivity contribution < 1.29 is 4.79 Å². The summed E-state index contributed by atoms with van der Waals surface area (Å²) < 4.78 is 0. The second-order valence-electron chi connectivity index (χ2n) is 4.16. The van der Waals surface area contributed by atoms with Crippen LogP contribution in [-0.4, -0.2) is 5.91 Å². The number of carbonyl (C=O) groups excluding carboxylic acids is 1. The van der Waals surface area contributed by atoms with Crippen LogP contribution < -0.4 is 16.8 Å². The Morgan fingerprint density at radius 2 is 2.00 bits per heavy atom. The lowest BCUT2D eigenvalue weighted by Crippen LogP contribution is -2.11. The summed E-state index contributed by atoms with van der Waals surface area (Å²) in [7, 11) is 0. The average molecular weight is 276 g/mol. The summed E-state index contributed by atoms with van der Waals surface area (Å²) in [5, 5.41) is 3.64. The number of primary amides is 1. The van der Waals surface area contributed by atoms with Crippen LogP contribution in [0.4, 0.5) is 11.4 Å². The van der Waals surface area contributed by atoms with Gasteiger partial charge in [-0.25, -0.2) is 0 Å². The largest absolute Gasteiger partial charge is 0.399 e. The Morgan fingerprint density at radius 3 is 2.63 bits per heavy atom. The van der Waals surface area contributed by atoms with Crippen molar-refractivity contribution in [3.63, 3.8) is 0 Å². The van der Waals surface area contributed by atoms with E-state index < -0.39 is 5.91 Å². The molecular weight excluding hydrogens is 262 g/mol. The third kappa shape index (κ3) is 3.39. The number of halogens is 1. The van der Waals surface area contributed by atoms with E-state index in [-0.39, 0.29) is 0 Å². The van der Waals surface area contributed by atoms with Crippen LogP contribution in [0.2, 0.25) is 5.02 Å². The van der Waals surface area contributed by atoms with E-state index in [0.29, 0.717) is 17.1 Å². The molecule has 0 bridgehead atoms. The molecule has 0 aromatic heterocycles. The predicted molar refractivity (Wildman–Crippen MR) is 78.2 cm³/mol. The van der Waals surface area contributed by atoms with Crippen molar-refractivity contribution >= 4 is 28.9 Å². The van der Waals surface area contributed by atoms with Gasteiger partial charge in [0.15, 0.2) is 0 Å². The van der Waals surface area contributed by atoms with Gasteiger partial charge < -0.3 is 16.8 Å². The van der Waals surface area contributed by atoms with E-state index >= 15 is 0 Å². The van der Waals surface area contributed by atoms with Gasteiger partial charge in [-0.15, -0.1) is 0 Å². The molecule has 0 fully saturated rings. The minimum absolute atomic E-state index is 0.388. The smallest absolute Gasteiger partial charge is 0.248 e. The lowest BCUT2D eigenvalue weighted by Gasteiger charge is -2.09. The lowest BCUT2D eigenvalue weighted by atomic mass is 10.1. The van der Waals surface area contributed by atoms with E-state index in [1.54, 1.807) is 18.2 Å². The number of nitrogens with one attached hydrogen (secondary N) is 1. The van der Waals surface area contributed by atoms with Crippen molar-refractivity contribution in [2.24, 2.45) is 5.73 Å². The van der Waals surface area contributed by atoms with E-state index in [4.69, 9.17) is 23.1 Å². The van der Waals surface area contributed by atoms with Gasteiger partial charge in [0.2, 0.25) is 5.91 Å². The maximum absolute atomic E-state index is 11.0. The highest BCUT2D eigenvalue weighted by Gasteiger charge is 2.05. The highest BCUT2D eigenvalue weighted by Crippen LogP contribution is 2.23. The van der Waals surface area contributed by atoms with E-state index in [2.05, 4.69) is 5.32 Å². The predicted octanol–water partition coefficient (Wildman–Crippen LogP) is 2.63. The Bertz CT molecular complexity index is 613. The van der Waals surface area contributed by atoms with Gasteiger partial charge >= 0.3 is 0 Å². The highest BCUT2D eigenvalue weighted by atomic mass is 35.5. The first-order valence-corrected chi connectivity index (χ1v) is 6.11. The molecule has 5 N–H and O–H groups in total. The fraction of sp³-hybridized carbons (Fsp3) is 0.0714. The first-order valence-electron chi connectivity index (χ1n) is 5.74. The van der Waals surface area contributed by atoms with Crippen LogP contribution in [0.5, 0.6) is 0 Å². The molecule has 0 radical (unpaired) electrons. The molecule has 5 heteroatoms. The number of benzene rings is 2. The Labute approximate surface area is 116 Å². The minimum atomic E-state index is -0.496. The van der Waals surface area contributed by atoms with Gasteiger partial charge in [0.05, 0.1) is 10.7 Å². The summed E-state index contributed by atoms with van der Waals surface area (Å²) in [4.78, 5) is 11.0. The van der Waals surface area contributed by atoms with Crippen LogP contribution in [0, 0.1) is 0 Å². The van der Waals surface area contributed by atoms with E-state index in [9.17, 15) is 4.79 Å². The number of hydrogen-bond donors (Lipinski definition) is 3. The van der Waals surface area contributed by atoms with E-state index in [1.807, 2.05) is 24.3 Å². The van der Waals surface area contributed by atoms with Crippen LogP contribution in [0.1, 0.15) is 15.9 Å². The summed E-state index contributed by atoms with van der Waals surface area (Å²) in [6, 6.07) is 12.5. The normalized spacial score (nSPS) is 10.2.